The lowest BCUT2D eigenvalue weighted by atomic mass is 10.1. The Bertz CT molecular complexity index is 431. The van der Waals surface area contributed by atoms with Gasteiger partial charge in [-0.05, 0) is 50.7 Å². The van der Waals surface area contributed by atoms with Crippen molar-refractivity contribution in [2.75, 3.05) is 0 Å². The minimum Gasteiger partial charge on any atom is -0.474 e. The first kappa shape index (κ1) is 15.3. The van der Waals surface area contributed by atoms with Gasteiger partial charge in [0, 0.05) is 17.8 Å². The molecule has 1 aromatic rings. The summed E-state index contributed by atoms with van der Waals surface area (Å²) in [6, 6.07) is 2.20. The highest BCUT2D eigenvalue weighted by Crippen LogP contribution is 2.27. The van der Waals surface area contributed by atoms with Gasteiger partial charge in [0.05, 0.1) is 6.10 Å². The summed E-state index contributed by atoms with van der Waals surface area (Å²) in [7, 11) is 0. The zero-order valence-corrected chi connectivity index (χ0v) is 13.0. The summed E-state index contributed by atoms with van der Waals surface area (Å²) in [5.74, 6) is 0.774. The molecule has 2 rings (SSSR count). The number of aromatic nitrogens is 1. The molecule has 0 amide bonds. The van der Waals surface area contributed by atoms with Crippen LogP contribution in [0.3, 0.4) is 0 Å². The lowest BCUT2D eigenvalue weighted by Crippen LogP contribution is -2.15. The van der Waals surface area contributed by atoms with Crippen molar-refractivity contribution >= 4 is 0 Å². The summed E-state index contributed by atoms with van der Waals surface area (Å²) < 4.78 is 6.05. The smallest absolute Gasteiger partial charge is 0.218 e. The number of fused-ring (bicyclic) bond motifs is 1. The lowest BCUT2D eigenvalue weighted by Gasteiger charge is -2.17. The summed E-state index contributed by atoms with van der Waals surface area (Å²) in [6.07, 6.45) is 9.89. The molecule has 1 heterocycles. The Hall–Kier alpha value is -1.09. The van der Waals surface area contributed by atoms with Crippen molar-refractivity contribution in [2.24, 2.45) is 5.73 Å². The molecule has 0 aromatic carbocycles. The third-order valence-corrected chi connectivity index (χ3v) is 4.09. The zero-order chi connectivity index (χ0) is 14.4. The minimum atomic E-state index is 0.226. The van der Waals surface area contributed by atoms with E-state index < -0.39 is 0 Å². The van der Waals surface area contributed by atoms with E-state index in [1.165, 1.54) is 43.4 Å². The number of hydrogen-bond acceptors (Lipinski definition) is 3. The highest BCUT2D eigenvalue weighted by molar-refractivity contribution is 5.36. The van der Waals surface area contributed by atoms with Crippen molar-refractivity contribution in [3.05, 3.63) is 22.9 Å². The Kier molecular flexibility index (Phi) is 5.84. The quantitative estimate of drug-likeness (QED) is 0.735. The van der Waals surface area contributed by atoms with Gasteiger partial charge in [-0.3, -0.25) is 0 Å². The van der Waals surface area contributed by atoms with Crippen molar-refractivity contribution < 1.29 is 4.74 Å². The fourth-order valence-corrected chi connectivity index (χ4v) is 2.86. The van der Waals surface area contributed by atoms with Gasteiger partial charge in [0.15, 0.2) is 0 Å². The number of unbranched alkanes of at least 4 members (excludes halogenated alkanes) is 3. The van der Waals surface area contributed by atoms with Gasteiger partial charge in [-0.2, -0.15) is 0 Å². The van der Waals surface area contributed by atoms with E-state index in [1.54, 1.807) is 0 Å². The maximum absolute atomic E-state index is 6.05. The number of nitrogens with zero attached hydrogens (tertiary/aromatic N) is 1. The summed E-state index contributed by atoms with van der Waals surface area (Å²) in [5, 5.41) is 0. The van der Waals surface area contributed by atoms with Crippen molar-refractivity contribution in [1.82, 2.24) is 4.98 Å². The van der Waals surface area contributed by atoms with Crippen molar-refractivity contribution in [1.29, 1.82) is 0 Å². The Morgan fingerprint density at radius 2 is 2.15 bits per heavy atom. The molecule has 0 spiro atoms. The van der Waals surface area contributed by atoms with E-state index in [2.05, 4.69) is 19.9 Å². The molecule has 1 aliphatic rings. The normalized spacial score (nSPS) is 15.2. The largest absolute Gasteiger partial charge is 0.474 e. The van der Waals surface area contributed by atoms with Crippen LogP contribution in [0.15, 0.2) is 6.07 Å². The molecule has 3 nitrogen and oxygen atoms in total. The molecule has 1 aromatic heterocycles. The second-order valence-electron chi connectivity index (χ2n) is 5.89. The van der Waals surface area contributed by atoms with Crippen LogP contribution in [-0.4, -0.2) is 11.1 Å². The van der Waals surface area contributed by atoms with Crippen LogP contribution in [0, 0.1) is 0 Å². The predicted molar refractivity (Wildman–Crippen MR) is 83.0 cm³/mol. The maximum atomic E-state index is 6.05. The third kappa shape index (κ3) is 3.95. The molecule has 0 radical (unpaired) electrons. The van der Waals surface area contributed by atoms with E-state index in [0.717, 1.165) is 30.7 Å². The molecule has 0 saturated heterocycles. The van der Waals surface area contributed by atoms with Crippen LogP contribution in [0.1, 0.15) is 69.2 Å². The third-order valence-electron chi connectivity index (χ3n) is 4.09. The second kappa shape index (κ2) is 7.63. The van der Waals surface area contributed by atoms with Crippen LogP contribution >= 0.6 is 0 Å². The van der Waals surface area contributed by atoms with E-state index in [1.807, 2.05) is 0 Å². The molecule has 0 aliphatic heterocycles. The Balaban J connectivity index is 1.94. The molecule has 3 heteroatoms. The second-order valence-corrected chi connectivity index (χ2v) is 5.89. The summed E-state index contributed by atoms with van der Waals surface area (Å²) in [4.78, 5) is 4.71. The van der Waals surface area contributed by atoms with Gasteiger partial charge in [0.2, 0.25) is 5.88 Å². The molecule has 1 atom stereocenters. The number of hydrogen-bond donors (Lipinski definition) is 1. The fraction of sp³-hybridized carbons (Fsp3) is 0.706. The number of pyridine rings is 1. The van der Waals surface area contributed by atoms with Crippen LogP contribution in [0.4, 0.5) is 0 Å². The minimum absolute atomic E-state index is 0.226. The number of nitrogens with two attached hydrogens (primary N) is 1. The van der Waals surface area contributed by atoms with E-state index >= 15 is 0 Å². The Morgan fingerprint density at radius 1 is 1.30 bits per heavy atom. The molecular formula is C17H28N2O. The first-order valence-electron chi connectivity index (χ1n) is 8.13. The number of ether oxygens (including phenoxy) is 1. The van der Waals surface area contributed by atoms with Crippen LogP contribution < -0.4 is 10.5 Å². The van der Waals surface area contributed by atoms with Crippen LogP contribution in [0.25, 0.3) is 0 Å². The zero-order valence-electron chi connectivity index (χ0n) is 13.0. The molecule has 1 aliphatic carbocycles. The molecule has 0 fully saturated rings. The Morgan fingerprint density at radius 3 is 2.90 bits per heavy atom. The lowest BCUT2D eigenvalue weighted by molar-refractivity contribution is 0.195. The van der Waals surface area contributed by atoms with Gasteiger partial charge in [-0.25, -0.2) is 4.98 Å². The summed E-state index contributed by atoms with van der Waals surface area (Å²) in [6.45, 7) is 4.89. The predicted octanol–water partition coefficient (Wildman–Crippen LogP) is 3.77. The number of aryl methyl sites for hydroxylation is 2. The van der Waals surface area contributed by atoms with Gasteiger partial charge in [-0.1, -0.05) is 26.2 Å². The summed E-state index contributed by atoms with van der Waals surface area (Å²) in [5.41, 5.74) is 9.49. The average molecular weight is 276 g/mol. The average Bonchev–Trinajstić information content (AvgIpc) is 2.90. The molecular weight excluding hydrogens is 248 g/mol. The highest BCUT2D eigenvalue weighted by Gasteiger charge is 2.17. The molecule has 2 N–H and O–H groups in total. The van der Waals surface area contributed by atoms with Crippen LogP contribution in [0.5, 0.6) is 5.88 Å². The fourth-order valence-electron chi connectivity index (χ4n) is 2.86. The number of rotatable bonds is 8. The van der Waals surface area contributed by atoms with E-state index in [9.17, 15) is 0 Å². The van der Waals surface area contributed by atoms with Gasteiger partial charge >= 0.3 is 0 Å². The van der Waals surface area contributed by atoms with Crippen molar-refractivity contribution in [2.45, 2.75) is 77.9 Å². The standard InChI is InChI=1S/C17H28N2O/c1-3-4-5-6-8-13(2)20-17-15(12-18)11-14-9-7-10-16(14)19-17/h11,13H,3-10,12,18H2,1-2H3. The van der Waals surface area contributed by atoms with Crippen LogP contribution in [0.2, 0.25) is 0 Å². The highest BCUT2D eigenvalue weighted by atomic mass is 16.5. The van der Waals surface area contributed by atoms with Crippen molar-refractivity contribution in [3.63, 3.8) is 0 Å². The Labute approximate surface area is 122 Å². The molecule has 0 saturated carbocycles. The first-order chi connectivity index (χ1) is 9.74. The SMILES string of the molecule is CCCCCCC(C)Oc1nc2c(cc1CN)CCC2. The molecule has 1 unspecified atom stereocenters. The van der Waals surface area contributed by atoms with Crippen LogP contribution in [-0.2, 0) is 19.4 Å². The van der Waals surface area contributed by atoms with Gasteiger partial charge < -0.3 is 10.5 Å². The first-order valence-corrected chi connectivity index (χ1v) is 8.13. The van der Waals surface area contributed by atoms with E-state index in [0.29, 0.717) is 6.54 Å². The molecule has 20 heavy (non-hydrogen) atoms. The van der Waals surface area contributed by atoms with E-state index in [4.69, 9.17) is 15.5 Å². The monoisotopic (exact) mass is 276 g/mol. The maximum Gasteiger partial charge on any atom is 0.218 e. The molecule has 112 valence electrons. The van der Waals surface area contributed by atoms with Gasteiger partial charge in [-0.15, -0.1) is 0 Å². The van der Waals surface area contributed by atoms with Gasteiger partial charge in [0.1, 0.15) is 0 Å². The van der Waals surface area contributed by atoms with Gasteiger partial charge in [0.25, 0.3) is 0 Å². The van der Waals surface area contributed by atoms with Crippen molar-refractivity contribution in [3.8, 4) is 5.88 Å². The van der Waals surface area contributed by atoms with E-state index in [-0.39, 0.29) is 6.10 Å². The topological polar surface area (TPSA) is 48.1 Å². The molecule has 0 bridgehead atoms. The summed E-state index contributed by atoms with van der Waals surface area (Å²) >= 11 is 0.